The van der Waals surface area contributed by atoms with Gasteiger partial charge in [-0.2, -0.15) is 0 Å². The van der Waals surface area contributed by atoms with E-state index in [2.05, 4.69) is 0 Å². The monoisotopic (exact) mass is 262 g/mol. The molecule has 0 aliphatic rings. The smallest absolute Gasteiger partial charge is 0.339 e. The first-order valence-electron chi connectivity index (χ1n) is 6.87. The summed E-state index contributed by atoms with van der Waals surface area (Å²) in [5, 5.41) is 9.24. The second kappa shape index (κ2) is 9.34. The molecular formula is C14H30O4. The molecule has 0 aliphatic carbocycles. The van der Waals surface area contributed by atoms with Gasteiger partial charge in [0.25, 0.3) is 0 Å². The molecule has 4 heteroatoms. The zero-order valence-electron chi connectivity index (χ0n) is 13.0. The maximum absolute atomic E-state index is 11.3. The van der Waals surface area contributed by atoms with Crippen molar-refractivity contribution in [2.24, 2.45) is 0 Å². The molecule has 1 unspecified atom stereocenters. The molecule has 0 heterocycles. The Bertz CT molecular complexity index is 220. The van der Waals surface area contributed by atoms with E-state index < -0.39 is 17.2 Å². The fraction of sp³-hybridized carbons (Fsp3) is 0.929. The Hall–Kier alpha value is -0.610. The lowest BCUT2D eigenvalue weighted by atomic mass is 9.94. The first-order chi connectivity index (χ1) is 8.27. The summed E-state index contributed by atoms with van der Waals surface area (Å²) in [7, 11) is 0. The molecule has 18 heavy (non-hydrogen) atoms. The second-order valence-electron chi connectivity index (χ2n) is 5.04. The van der Waals surface area contributed by atoms with Crippen molar-refractivity contribution >= 4 is 5.97 Å². The highest BCUT2D eigenvalue weighted by Gasteiger charge is 2.40. The molecule has 0 spiro atoms. The lowest BCUT2D eigenvalue weighted by molar-refractivity contribution is -0.398. The van der Waals surface area contributed by atoms with Gasteiger partial charge in [-0.25, -0.2) is 14.6 Å². The Morgan fingerprint density at radius 3 is 1.89 bits per heavy atom. The third kappa shape index (κ3) is 7.67. The van der Waals surface area contributed by atoms with Gasteiger partial charge in [0.05, 0.1) is 5.60 Å². The zero-order chi connectivity index (χ0) is 14.8. The Morgan fingerprint density at radius 1 is 1.11 bits per heavy atom. The van der Waals surface area contributed by atoms with Crippen LogP contribution in [0.5, 0.6) is 0 Å². The first-order valence-corrected chi connectivity index (χ1v) is 6.87. The molecule has 0 bridgehead atoms. The Balaban J connectivity index is 0. The number of hydrogen-bond donors (Lipinski definition) is 1. The molecule has 0 fully saturated rings. The minimum absolute atomic E-state index is 0.401. The molecule has 0 saturated carbocycles. The van der Waals surface area contributed by atoms with Gasteiger partial charge in [-0.1, -0.05) is 40.5 Å². The second-order valence-corrected chi connectivity index (χ2v) is 5.04. The van der Waals surface area contributed by atoms with Gasteiger partial charge >= 0.3 is 5.97 Å². The van der Waals surface area contributed by atoms with Crippen LogP contribution >= 0.6 is 0 Å². The molecule has 110 valence electrons. The van der Waals surface area contributed by atoms with Crippen LogP contribution in [0, 0.1) is 0 Å². The van der Waals surface area contributed by atoms with Crippen molar-refractivity contribution < 1.29 is 19.7 Å². The highest BCUT2D eigenvalue weighted by molar-refractivity contribution is 5.77. The van der Waals surface area contributed by atoms with E-state index in [0.29, 0.717) is 12.8 Å². The van der Waals surface area contributed by atoms with E-state index >= 15 is 0 Å². The van der Waals surface area contributed by atoms with Gasteiger partial charge in [0.2, 0.25) is 0 Å². The maximum Gasteiger partial charge on any atom is 0.339 e. The van der Waals surface area contributed by atoms with Crippen LogP contribution in [0.4, 0.5) is 0 Å². The molecule has 0 saturated heterocycles. The SMILES string of the molecule is CC.CCCCC(CC)(OOC(C)(C)C)C(=O)O. The largest absolute Gasteiger partial charge is 0.479 e. The summed E-state index contributed by atoms with van der Waals surface area (Å²) in [6.45, 7) is 13.3. The molecule has 0 amide bonds. The molecular weight excluding hydrogens is 232 g/mol. The molecule has 1 N–H and O–H groups in total. The number of carboxylic acids is 1. The third-order valence-corrected chi connectivity index (χ3v) is 2.35. The summed E-state index contributed by atoms with van der Waals surface area (Å²) < 4.78 is 0. The number of aliphatic carboxylic acids is 1. The van der Waals surface area contributed by atoms with Gasteiger partial charge in [-0.3, -0.25) is 0 Å². The standard InChI is InChI=1S/C12H24O4.C2H6/c1-6-8-9-12(7-2,10(13)14)16-15-11(3,4)5;1-2/h6-9H2,1-5H3,(H,13,14);1-2H3. The molecule has 0 aliphatic heterocycles. The van der Waals surface area contributed by atoms with Crippen LogP contribution < -0.4 is 0 Å². The van der Waals surface area contributed by atoms with Crippen LogP contribution in [0.15, 0.2) is 0 Å². The Kier molecular flexibility index (Phi) is 10.2. The van der Waals surface area contributed by atoms with Crippen LogP contribution in [0.2, 0.25) is 0 Å². The molecule has 4 nitrogen and oxygen atoms in total. The molecule has 0 rings (SSSR count). The topological polar surface area (TPSA) is 55.8 Å². The predicted octanol–water partition coefficient (Wildman–Crippen LogP) is 4.18. The van der Waals surface area contributed by atoms with E-state index in [1.807, 2.05) is 41.5 Å². The Morgan fingerprint density at radius 2 is 1.61 bits per heavy atom. The zero-order valence-corrected chi connectivity index (χ0v) is 13.0. The van der Waals surface area contributed by atoms with Crippen molar-refractivity contribution in [2.45, 2.75) is 85.4 Å². The molecule has 0 aromatic rings. The summed E-state index contributed by atoms with van der Waals surface area (Å²) in [5.74, 6) is -0.951. The van der Waals surface area contributed by atoms with Crippen molar-refractivity contribution in [3.05, 3.63) is 0 Å². The van der Waals surface area contributed by atoms with Gasteiger partial charge in [0.15, 0.2) is 5.60 Å². The average molecular weight is 262 g/mol. The quantitative estimate of drug-likeness (QED) is 0.552. The third-order valence-electron chi connectivity index (χ3n) is 2.35. The summed E-state index contributed by atoms with van der Waals surface area (Å²) in [5.41, 5.74) is -1.70. The highest BCUT2D eigenvalue weighted by Crippen LogP contribution is 2.26. The van der Waals surface area contributed by atoms with Crippen molar-refractivity contribution in [3.8, 4) is 0 Å². The predicted molar refractivity (Wildman–Crippen MR) is 73.5 cm³/mol. The van der Waals surface area contributed by atoms with Crippen LogP contribution in [0.25, 0.3) is 0 Å². The van der Waals surface area contributed by atoms with Crippen LogP contribution in [0.1, 0.15) is 74.1 Å². The van der Waals surface area contributed by atoms with E-state index in [1.165, 1.54) is 0 Å². The fourth-order valence-electron chi connectivity index (χ4n) is 1.24. The highest BCUT2D eigenvalue weighted by atomic mass is 17.2. The van der Waals surface area contributed by atoms with E-state index in [1.54, 1.807) is 6.92 Å². The average Bonchev–Trinajstić information content (AvgIpc) is 2.31. The molecule has 0 radical (unpaired) electrons. The van der Waals surface area contributed by atoms with Gasteiger partial charge in [-0.05, 0) is 33.6 Å². The van der Waals surface area contributed by atoms with E-state index in [-0.39, 0.29) is 0 Å². The van der Waals surface area contributed by atoms with E-state index in [9.17, 15) is 9.90 Å². The van der Waals surface area contributed by atoms with Gasteiger partial charge in [-0.15, -0.1) is 0 Å². The molecule has 0 aromatic heterocycles. The van der Waals surface area contributed by atoms with Crippen molar-refractivity contribution in [2.75, 3.05) is 0 Å². The molecule has 0 aromatic carbocycles. The lowest BCUT2D eigenvalue weighted by Crippen LogP contribution is -2.43. The number of carboxylic acid groups (broad SMARTS) is 1. The lowest BCUT2D eigenvalue weighted by Gasteiger charge is -2.30. The van der Waals surface area contributed by atoms with Gasteiger partial charge in [0, 0.05) is 0 Å². The maximum atomic E-state index is 11.3. The first kappa shape index (κ1) is 19.7. The van der Waals surface area contributed by atoms with E-state index in [0.717, 1.165) is 12.8 Å². The normalized spacial score (nSPS) is 14.4. The number of rotatable bonds is 7. The van der Waals surface area contributed by atoms with Crippen molar-refractivity contribution in [1.29, 1.82) is 0 Å². The summed E-state index contributed by atoms with van der Waals surface area (Å²) in [4.78, 5) is 21.6. The Labute approximate surface area is 112 Å². The summed E-state index contributed by atoms with van der Waals surface area (Å²) in [6, 6.07) is 0. The number of unbranched alkanes of at least 4 members (excludes halogenated alkanes) is 1. The molecule has 1 atom stereocenters. The summed E-state index contributed by atoms with van der Waals surface area (Å²) >= 11 is 0. The van der Waals surface area contributed by atoms with Gasteiger partial charge in [0.1, 0.15) is 0 Å². The minimum Gasteiger partial charge on any atom is -0.479 e. The van der Waals surface area contributed by atoms with Crippen molar-refractivity contribution in [1.82, 2.24) is 0 Å². The van der Waals surface area contributed by atoms with Gasteiger partial charge < -0.3 is 5.11 Å². The van der Waals surface area contributed by atoms with Crippen LogP contribution in [-0.4, -0.2) is 22.3 Å². The minimum atomic E-state index is -1.21. The number of carbonyl (C=O) groups is 1. The summed E-state index contributed by atoms with van der Waals surface area (Å²) in [6.07, 6.45) is 2.63. The van der Waals surface area contributed by atoms with Crippen molar-refractivity contribution in [3.63, 3.8) is 0 Å². The van der Waals surface area contributed by atoms with Crippen LogP contribution in [-0.2, 0) is 14.6 Å². The van der Waals surface area contributed by atoms with Crippen LogP contribution in [0.3, 0.4) is 0 Å². The fourth-order valence-corrected chi connectivity index (χ4v) is 1.24. The van der Waals surface area contributed by atoms with E-state index in [4.69, 9.17) is 9.78 Å². The number of hydrogen-bond acceptors (Lipinski definition) is 3.